The molecule has 0 amide bonds. The van der Waals surface area contributed by atoms with Gasteiger partial charge in [-0.15, -0.1) is 0 Å². The maximum absolute atomic E-state index is 12.8. The highest BCUT2D eigenvalue weighted by molar-refractivity contribution is 6.11. The van der Waals surface area contributed by atoms with Gasteiger partial charge in [0.2, 0.25) is 5.78 Å². The summed E-state index contributed by atoms with van der Waals surface area (Å²) in [4.78, 5) is 39.3. The number of ketones is 2. The SMILES string of the molecule is CC(=O)c1ccc(OCC(=O)O[C@H](C)C(=O)c2c(C)[nH]c3ccccc23)cc1. The van der Waals surface area contributed by atoms with Crippen LogP contribution in [0.5, 0.6) is 5.75 Å². The summed E-state index contributed by atoms with van der Waals surface area (Å²) in [6.45, 7) is 4.50. The Bertz CT molecular complexity index is 1030. The summed E-state index contributed by atoms with van der Waals surface area (Å²) in [6.07, 6.45) is -0.936. The molecule has 144 valence electrons. The van der Waals surface area contributed by atoms with E-state index in [2.05, 4.69) is 4.98 Å². The fourth-order valence-corrected chi connectivity index (χ4v) is 3.01. The lowest BCUT2D eigenvalue weighted by Crippen LogP contribution is -2.27. The molecule has 1 heterocycles. The quantitative estimate of drug-likeness (QED) is 0.497. The third kappa shape index (κ3) is 4.11. The summed E-state index contributed by atoms with van der Waals surface area (Å²) >= 11 is 0. The van der Waals surface area contributed by atoms with Gasteiger partial charge in [-0.3, -0.25) is 9.59 Å². The molecule has 0 radical (unpaired) electrons. The smallest absolute Gasteiger partial charge is 0.344 e. The number of carbonyl (C=O) groups excluding carboxylic acids is 3. The van der Waals surface area contributed by atoms with E-state index in [4.69, 9.17) is 9.47 Å². The largest absolute Gasteiger partial charge is 0.482 e. The number of esters is 1. The van der Waals surface area contributed by atoms with Gasteiger partial charge >= 0.3 is 5.97 Å². The molecular formula is C22H21NO5. The van der Waals surface area contributed by atoms with Crippen molar-refractivity contribution >= 4 is 28.4 Å². The zero-order valence-electron chi connectivity index (χ0n) is 15.9. The number of aromatic nitrogens is 1. The number of hydrogen-bond acceptors (Lipinski definition) is 5. The van der Waals surface area contributed by atoms with E-state index in [-0.39, 0.29) is 18.2 Å². The standard InChI is InChI=1S/C22H21NO5/c1-13-21(18-6-4-5-7-19(18)23-13)22(26)15(3)28-20(25)12-27-17-10-8-16(9-11-17)14(2)24/h4-11,15,23H,12H2,1-3H3/t15-/m1/s1. The number of fused-ring (bicyclic) bond motifs is 1. The maximum atomic E-state index is 12.8. The number of aromatic amines is 1. The van der Waals surface area contributed by atoms with E-state index < -0.39 is 12.1 Å². The molecule has 1 atom stereocenters. The third-order valence-electron chi connectivity index (χ3n) is 4.43. The van der Waals surface area contributed by atoms with Crippen molar-refractivity contribution in [1.29, 1.82) is 0 Å². The Hall–Kier alpha value is -3.41. The number of rotatable bonds is 7. The lowest BCUT2D eigenvalue weighted by molar-refractivity contribution is -0.148. The van der Waals surface area contributed by atoms with Crippen LogP contribution in [0.2, 0.25) is 0 Å². The molecule has 0 fully saturated rings. The summed E-state index contributed by atoms with van der Waals surface area (Å²) in [5, 5.41) is 0.801. The number of carbonyl (C=O) groups is 3. The Morgan fingerprint density at radius 2 is 1.71 bits per heavy atom. The fraction of sp³-hybridized carbons (Fsp3) is 0.227. The molecule has 3 aromatic rings. The van der Waals surface area contributed by atoms with Gasteiger partial charge in [0.25, 0.3) is 0 Å². The summed E-state index contributed by atoms with van der Waals surface area (Å²) in [5.74, 6) is -0.526. The molecule has 6 heteroatoms. The van der Waals surface area contributed by atoms with Gasteiger partial charge in [0, 0.05) is 27.7 Å². The summed E-state index contributed by atoms with van der Waals surface area (Å²) in [7, 11) is 0. The van der Waals surface area contributed by atoms with Crippen LogP contribution in [0.3, 0.4) is 0 Å². The Balaban J connectivity index is 1.61. The van der Waals surface area contributed by atoms with Crippen LogP contribution >= 0.6 is 0 Å². The summed E-state index contributed by atoms with van der Waals surface area (Å²) in [5.41, 5.74) is 2.68. The predicted molar refractivity (Wildman–Crippen MR) is 105 cm³/mol. The average Bonchev–Trinajstić information content (AvgIpc) is 3.01. The first-order valence-corrected chi connectivity index (χ1v) is 8.91. The minimum atomic E-state index is -0.936. The van der Waals surface area contributed by atoms with E-state index in [9.17, 15) is 14.4 Å². The molecule has 0 aliphatic rings. The molecule has 0 spiro atoms. The van der Waals surface area contributed by atoms with E-state index in [1.807, 2.05) is 31.2 Å². The molecular weight excluding hydrogens is 358 g/mol. The van der Waals surface area contributed by atoms with Crippen LogP contribution in [0.15, 0.2) is 48.5 Å². The molecule has 0 saturated heterocycles. The van der Waals surface area contributed by atoms with Crippen LogP contribution in [0.1, 0.15) is 40.3 Å². The second-order valence-electron chi connectivity index (χ2n) is 6.54. The van der Waals surface area contributed by atoms with Crippen molar-refractivity contribution < 1.29 is 23.9 Å². The van der Waals surface area contributed by atoms with Crippen LogP contribution in [0, 0.1) is 6.92 Å². The van der Waals surface area contributed by atoms with Crippen molar-refractivity contribution in [1.82, 2.24) is 4.98 Å². The van der Waals surface area contributed by atoms with Gasteiger partial charge in [-0.1, -0.05) is 18.2 Å². The molecule has 0 saturated carbocycles. The van der Waals surface area contributed by atoms with E-state index >= 15 is 0 Å². The lowest BCUT2D eigenvalue weighted by atomic mass is 10.0. The van der Waals surface area contributed by atoms with Crippen LogP contribution in [0.4, 0.5) is 0 Å². The van der Waals surface area contributed by atoms with Crippen LogP contribution < -0.4 is 4.74 Å². The first-order chi connectivity index (χ1) is 13.4. The molecule has 0 aliphatic carbocycles. The number of Topliss-reactive ketones (excluding diaryl/α,β-unsaturated/α-hetero) is 2. The number of H-pyrrole nitrogens is 1. The number of aryl methyl sites for hydroxylation is 1. The second-order valence-corrected chi connectivity index (χ2v) is 6.54. The van der Waals surface area contributed by atoms with Crippen molar-refractivity contribution in [2.75, 3.05) is 6.61 Å². The molecule has 6 nitrogen and oxygen atoms in total. The number of nitrogens with one attached hydrogen (secondary N) is 1. The first kappa shape index (κ1) is 19.4. The van der Waals surface area contributed by atoms with E-state index in [0.717, 1.165) is 16.6 Å². The van der Waals surface area contributed by atoms with Gasteiger partial charge in [-0.2, -0.15) is 0 Å². The molecule has 0 bridgehead atoms. The average molecular weight is 379 g/mol. The van der Waals surface area contributed by atoms with Crippen molar-refractivity contribution in [3.63, 3.8) is 0 Å². The van der Waals surface area contributed by atoms with Crippen molar-refractivity contribution in [2.24, 2.45) is 0 Å². The molecule has 0 aliphatic heterocycles. The van der Waals surface area contributed by atoms with Gasteiger partial charge in [0.05, 0.1) is 0 Å². The number of hydrogen-bond donors (Lipinski definition) is 1. The Morgan fingerprint density at radius 3 is 2.39 bits per heavy atom. The molecule has 3 rings (SSSR count). The zero-order valence-corrected chi connectivity index (χ0v) is 15.9. The topological polar surface area (TPSA) is 85.5 Å². The first-order valence-electron chi connectivity index (χ1n) is 8.91. The van der Waals surface area contributed by atoms with Crippen molar-refractivity contribution in [2.45, 2.75) is 26.9 Å². The molecule has 2 aromatic carbocycles. The van der Waals surface area contributed by atoms with Gasteiger partial charge < -0.3 is 14.5 Å². The minimum absolute atomic E-state index is 0.0501. The molecule has 1 N–H and O–H groups in total. The maximum Gasteiger partial charge on any atom is 0.344 e. The minimum Gasteiger partial charge on any atom is -0.482 e. The monoisotopic (exact) mass is 379 g/mol. The highest BCUT2D eigenvalue weighted by Crippen LogP contribution is 2.24. The number of benzene rings is 2. The predicted octanol–water partition coefficient (Wildman–Crippen LogP) is 3.87. The van der Waals surface area contributed by atoms with Crippen LogP contribution in [-0.2, 0) is 9.53 Å². The van der Waals surface area contributed by atoms with E-state index in [1.165, 1.54) is 6.92 Å². The highest BCUT2D eigenvalue weighted by Gasteiger charge is 2.24. The summed E-state index contributed by atoms with van der Waals surface area (Å²) in [6, 6.07) is 13.9. The normalized spacial score (nSPS) is 11.8. The highest BCUT2D eigenvalue weighted by atomic mass is 16.6. The Labute approximate surface area is 162 Å². The van der Waals surface area contributed by atoms with Crippen molar-refractivity contribution in [3.8, 4) is 5.75 Å². The van der Waals surface area contributed by atoms with Gasteiger partial charge in [-0.25, -0.2) is 4.79 Å². The lowest BCUT2D eigenvalue weighted by Gasteiger charge is -2.13. The van der Waals surface area contributed by atoms with Gasteiger partial charge in [-0.05, 0) is 51.1 Å². The number of para-hydroxylation sites is 1. The van der Waals surface area contributed by atoms with Gasteiger partial charge in [0.1, 0.15) is 5.75 Å². The van der Waals surface area contributed by atoms with Gasteiger partial charge in [0.15, 0.2) is 18.5 Å². The Kier molecular flexibility index (Phi) is 5.59. The van der Waals surface area contributed by atoms with E-state index in [0.29, 0.717) is 16.9 Å². The second kappa shape index (κ2) is 8.08. The van der Waals surface area contributed by atoms with Crippen molar-refractivity contribution in [3.05, 3.63) is 65.4 Å². The molecule has 0 unspecified atom stereocenters. The molecule has 28 heavy (non-hydrogen) atoms. The van der Waals surface area contributed by atoms with Crippen LogP contribution in [0.25, 0.3) is 10.9 Å². The molecule has 1 aromatic heterocycles. The number of ether oxygens (including phenoxy) is 2. The third-order valence-corrected chi connectivity index (χ3v) is 4.43. The zero-order chi connectivity index (χ0) is 20.3. The fourth-order valence-electron chi connectivity index (χ4n) is 3.01. The van der Waals surface area contributed by atoms with Crippen LogP contribution in [-0.4, -0.2) is 35.2 Å². The summed E-state index contributed by atoms with van der Waals surface area (Å²) < 4.78 is 10.6. The van der Waals surface area contributed by atoms with E-state index in [1.54, 1.807) is 31.2 Å². The Morgan fingerprint density at radius 1 is 1.04 bits per heavy atom.